The molecular weight excluding hydrogens is 174 g/mol. The van der Waals surface area contributed by atoms with Gasteiger partial charge in [0.1, 0.15) is 0 Å². The minimum Gasteiger partial charge on any atom is -0.316 e. The van der Waals surface area contributed by atoms with E-state index >= 15 is 0 Å². The molecule has 0 amide bonds. The van der Waals surface area contributed by atoms with Crippen LogP contribution < -0.4 is 5.32 Å². The Labute approximate surface area is 85.0 Å². The average molecular weight is 191 g/mol. The number of hydrogen-bond donors (Lipinski definition) is 1. The second-order valence-electron chi connectivity index (χ2n) is 4.11. The zero-order chi connectivity index (χ0) is 9.97. The van der Waals surface area contributed by atoms with Gasteiger partial charge >= 0.3 is 0 Å². The maximum absolute atomic E-state index is 4.55. The molecule has 1 saturated heterocycles. The standard InChI is InChI=1S/C11H17N3/c1-8-6-13-9(2)11(14-8)5-10-3-4-12-7-10/h6,10,12H,3-5,7H2,1-2H3. The summed E-state index contributed by atoms with van der Waals surface area (Å²) in [5.74, 6) is 0.754. The normalized spacial score (nSPS) is 21.4. The lowest BCUT2D eigenvalue weighted by Gasteiger charge is -2.09. The van der Waals surface area contributed by atoms with E-state index in [1.807, 2.05) is 20.0 Å². The van der Waals surface area contributed by atoms with Crippen LogP contribution in [-0.2, 0) is 6.42 Å². The van der Waals surface area contributed by atoms with Gasteiger partial charge in [0.05, 0.1) is 17.1 Å². The van der Waals surface area contributed by atoms with E-state index in [0.717, 1.165) is 36.8 Å². The van der Waals surface area contributed by atoms with Crippen molar-refractivity contribution in [1.29, 1.82) is 0 Å². The number of hydrogen-bond acceptors (Lipinski definition) is 3. The molecule has 1 aliphatic heterocycles. The van der Waals surface area contributed by atoms with Crippen LogP contribution in [0.25, 0.3) is 0 Å². The number of nitrogens with zero attached hydrogens (tertiary/aromatic N) is 2. The number of nitrogens with one attached hydrogen (secondary N) is 1. The highest BCUT2D eigenvalue weighted by Crippen LogP contribution is 2.15. The van der Waals surface area contributed by atoms with Crippen LogP contribution in [0, 0.1) is 19.8 Å². The molecule has 2 heterocycles. The lowest BCUT2D eigenvalue weighted by molar-refractivity contribution is 0.566. The first-order valence-corrected chi connectivity index (χ1v) is 5.25. The molecule has 1 aliphatic rings. The van der Waals surface area contributed by atoms with E-state index in [-0.39, 0.29) is 0 Å². The van der Waals surface area contributed by atoms with Gasteiger partial charge in [0.25, 0.3) is 0 Å². The molecule has 2 rings (SSSR count). The topological polar surface area (TPSA) is 37.8 Å². The van der Waals surface area contributed by atoms with Gasteiger partial charge < -0.3 is 5.32 Å². The Bertz CT molecular complexity index is 316. The molecule has 0 saturated carbocycles. The first-order chi connectivity index (χ1) is 6.75. The van der Waals surface area contributed by atoms with E-state index in [2.05, 4.69) is 15.3 Å². The van der Waals surface area contributed by atoms with Gasteiger partial charge in [0.2, 0.25) is 0 Å². The summed E-state index contributed by atoms with van der Waals surface area (Å²) in [5.41, 5.74) is 3.29. The van der Waals surface area contributed by atoms with Gasteiger partial charge in [-0.25, -0.2) is 0 Å². The van der Waals surface area contributed by atoms with Crippen molar-refractivity contribution in [2.75, 3.05) is 13.1 Å². The molecule has 1 atom stereocenters. The number of aromatic nitrogens is 2. The molecule has 0 radical (unpaired) electrons. The van der Waals surface area contributed by atoms with Gasteiger partial charge in [0.15, 0.2) is 0 Å². The Morgan fingerprint density at radius 1 is 1.50 bits per heavy atom. The minimum atomic E-state index is 0.754. The Hall–Kier alpha value is -0.960. The third-order valence-corrected chi connectivity index (χ3v) is 2.82. The molecule has 0 bridgehead atoms. The molecule has 1 fully saturated rings. The fourth-order valence-electron chi connectivity index (χ4n) is 1.94. The van der Waals surface area contributed by atoms with Gasteiger partial charge in [-0.15, -0.1) is 0 Å². The first-order valence-electron chi connectivity index (χ1n) is 5.25. The van der Waals surface area contributed by atoms with Crippen molar-refractivity contribution in [2.45, 2.75) is 26.7 Å². The fourth-order valence-corrected chi connectivity index (χ4v) is 1.94. The van der Waals surface area contributed by atoms with Crippen molar-refractivity contribution in [3.05, 3.63) is 23.3 Å². The summed E-state index contributed by atoms with van der Waals surface area (Å²) >= 11 is 0. The number of aryl methyl sites for hydroxylation is 2. The fraction of sp³-hybridized carbons (Fsp3) is 0.636. The molecule has 3 nitrogen and oxygen atoms in total. The van der Waals surface area contributed by atoms with Gasteiger partial charge in [-0.05, 0) is 45.7 Å². The van der Waals surface area contributed by atoms with Crippen LogP contribution in [0.5, 0.6) is 0 Å². The van der Waals surface area contributed by atoms with Crippen LogP contribution in [0.4, 0.5) is 0 Å². The molecule has 1 aromatic rings. The molecule has 14 heavy (non-hydrogen) atoms. The van der Waals surface area contributed by atoms with Crippen LogP contribution in [-0.4, -0.2) is 23.1 Å². The summed E-state index contributed by atoms with van der Waals surface area (Å²) in [6.45, 7) is 6.34. The summed E-state index contributed by atoms with van der Waals surface area (Å²) in [4.78, 5) is 8.88. The van der Waals surface area contributed by atoms with Gasteiger partial charge in [0, 0.05) is 6.20 Å². The second kappa shape index (κ2) is 4.05. The zero-order valence-corrected chi connectivity index (χ0v) is 8.88. The van der Waals surface area contributed by atoms with E-state index in [4.69, 9.17) is 0 Å². The minimum absolute atomic E-state index is 0.754. The second-order valence-corrected chi connectivity index (χ2v) is 4.11. The number of rotatable bonds is 2. The van der Waals surface area contributed by atoms with Crippen molar-refractivity contribution in [1.82, 2.24) is 15.3 Å². The SMILES string of the molecule is Cc1cnc(C)c(CC2CCNC2)n1. The van der Waals surface area contributed by atoms with Gasteiger partial charge in [-0.3, -0.25) is 9.97 Å². The summed E-state index contributed by atoms with van der Waals surface area (Å²) in [6.07, 6.45) is 4.19. The zero-order valence-electron chi connectivity index (χ0n) is 8.88. The van der Waals surface area contributed by atoms with Crippen LogP contribution >= 0.6 is 0 Å². The molecule has 0 spiro atoms. The predicted molar refractivity (Wildman–Crippen MR) is 56.2 cm³/mol. The third kappa shape index (κ3) is 2.10. The Morgan fingerprint density at radius 2 is 2.36 bits per heavy atom. The summed E-state index contributed by atoms with van der Waals surface area (Å²) < 4.78 is 0. The Morgan fingerprint density at radius 3 is 3.07 bits per heavy atom. The van der Waals surface area contributed by atoms with E-state index in [1.54, 1.807) is 0 Å². The maximum atomic E-state index is 4.55. The van der Waals surface area contributed by atoms with Gasteiger partial charge in [-0.2, -0.15) is 0 Å². The first kappa shape index (κ1) is 9.59. The summed E-state index contributed by atoms with van der Waals surface area (Å²) in [6, 6.07) is 0. The highest BCUT2D eigenvalue weighted by Gasteiger charge is 2.16. The molecule has 1 N–H and O–H groups in total. The van der Waals surface area contributed by atoms with E-state index in [1.165, 1.54) is 12.1 Å². The molecule has 0 aliphatic carbocycles. The lowest BCUT2D eigenvalue weighted by Crippen LogP contribution is -2.12. The highest BCUT2D eigenvalue weighted by molar-refractivity contribution is 5.12. The van der Waals surface area contributed by atoms with Crippen LogP contribution in [0.15, 0.2) is 6.20 Å². The molecular formula is C11H17N3. The van der Waals surface area contributed by atoms with E-state index in [0.29, 0.717) is 0 Å². The predicted octanol–water partition coefficient (Wildman–Crippen LogP) is 1.25. The van der Waals surface area contributed by atoms with Crippen LogP contribution in [0.1, 0.15) is 23.5 Å². The van der Waals surface area contributed by atoms with Crippen LogP contribution in [0.2, 0.25) is 0 Å². The van der Waals surface area contributed by atoms with E-state index < -0.39 is 0 Å². The third-order valence-electron chi connectivity index (χ3n) is 2.82. The summed E-state index contributed by atoms with van der Waals surface area (Å²) in [5, 5.41) is 3.38. The molecule has 76 valence electrons. The van der Waals surface area contributed by atoms with Crippen molar-refractivity contribution in [3.8, 4) is 0 Å². The quantitative estimate of drug-likeness (QED) is 0.764. The maximum Gasteiger partial charge on any atom is 0.0622 e. The molecule has 3 heteroatoms. The average Bonchev–Trinajstić information content (AvgIpc) is 2.64. The Kier molecular flexibility index (Phi) is 2.77. The lowest BCUT2D eigenvalue weighted by atomic mass is 10.0. The van der Waals surface area contributed by atoms with Crippen molar-refractivity contribution < 1.29 is 0 Å². The summed E-state index contributed by atoms with van der Waals surface area (Å²) in [7, 11) is 0. The monoisotopic (exact) mass is 191 g/mol. The van der Waals surface area contributed by atoms with Crippen molar-refractivity contribution in [3.63, 3.8) is 0 Å². The molecule has 0 aromatic carbocycles. The molecule has 1 aromatic heterocycles. The van der Waals surface area contributed by atoms with E-state index in [9.17, 15) is 0 Å². The van der Waals surface area contributed by atoms with Gasteiger partial charge in [-0.1, -0.05) is 0 Å². The van der Waals surface area contributed by atoms with Crippen LogP contribution in [0.3, 0.4) is 0 Å². The Balaban J connectivity index is 2.10. The molecule has 1 unspecified atom stereocenters. The van der Waals surface area contributed by atoms with Crippen molar-refractivity contribution >= 4 is 0 Å². The van der Waals surface area contributed by atoms with Crippen molar-refractivity contribution in [2.24, 2.45) is 5.92 Å². The highest BCUT2D eigenvalue weighted by atomic mass is 14.9. The smallest absolute Gasteiger partial charge is 0.0622 e. The largest absolute Gasteiger partial charge is 0.316 e.